The van der Waals surface area contributed by atoms with E-state index in [-0.39, 0.29) is 0 Å². The highest BCUT2D eigenvalue weighted by Crippen LogP contribution is 2.38. The van der Waals surface area contributed by atoms with E-state index < -0.39 is 0 Å². The van der Waals surface area contributed by atoms with E-state index in [2.05, 4.69) is 173 Å². The van der Waals surface area contributed by atoms with E-state index in [4.69, 9.17) is 0 Å². The molecule has 0 fully saturated rings. The summed E-state index contributed by atoms with van der Waals surface area (Å²) < 4.78 is 4.76. The first-order chi connectivity index (χ1) is 21.8. The van der Waals surface area contributed by atoms with Gasteiger partial charge in [0.1, 0.15) is 0 Å². The summed E-state index contributed by atoms with van der Waals surface area (Å²) in [6.07, 6.45) is 8.12. The van der Waals surface area contributed by atoms with Crippen LogP contribution in [0.3, 0.4) is 0 Å². The fourth-order valence-electron chi connectivity index (χ4n) is 7.17. The van der Waals surface area contributed by atoms with Crippen molar-refractivity contribution < 1.29 is 0 Å². The van der Waals surface area contributed by atoms with Crippen LogP contribution < -0.4 is 0 Å². The Kier molecular flexibility index (Phi) is 5.67. The predicted molar refractivity (Wildman–Crippen MR) is 186 cm³/mol. The smallest absolute Gasteiger partial charge is 0.0541 e. The van der Waals surface area contributed by atoms with Crippen molar-refractivity contribution in [1.82, 2.24) is 9.13 Å². The molecular formula is C42H30N2. The van der Waals surface area contributed by atoms with Crippen LogP contribution in [0, 0.1) is 0 Å². The number of allylic oxidation sites excluding steroid dienone is 4. The molecule has 0 bridgehead atoms. The van der Waals surface area contributed by atoms with Crippen molar-refractivity contribution in [2.75, 3.05) is 0 Å². The van der Waals surface area contributed by atoms with E-state index in [1.54, 1.807) is 0 Å². The molecular weight excluding hydrogens is 532 g/mol. The first-order valence-electron chi connectivity index (χ1n) is 15.4. The lowest BCUT2D eigenvalue weighted by Gasteiger charge is -2.18. The molecule has 0 aliphatic heterocycles. The Balaban J connectivity index is 1.08. The van der Waals surface area contributed by atoms with E-state index in [1.165, 1.54) is 71.7 Å². The minimum Gasteiger partial charge on any atom is -0.309 e. The fourth-order valence-corrected chi connectivity index (χ4v) is 7.17. The average Bonchev–Trinajstić information content (AvgIpc) is 3.61. The van der Waals surface area contributed by atoms with E-state index >= 15 is 0 Å². The Labute approximate surface area is 256 Å². The Morgan fingerprint density at radius 2 is 0.977 bits per heavy atom. The molecule has 0 radical (unpaired) electrons. The lowest BCUT2D eigenvalue weighted by atomic mass is 9.87. The molecule has 1 unspecified atom stereocenters. The Morgan fingerprint density at radius 3 is 1.57 bits per heavy atom. The van der Waals surface area contributed by atoms with Crippen LogP contribution in [0.5, 0.6) is 0 Å². The number of fused-ring (bicyclic) bond motifs is 6. The third-order valence-corrected chi connectivity index (χ3v) is 9.26. The highest BCUT2D eigenvalue weighted by atomic mass is 15.0. The minimum atomic E-state index is 0.353. The van der Waals surface area contributed by atoms with Gasteiger partial charge < -0.3 is 9.13 Å². The number of hydrogen-bond acceptors (Lipinski definition) is 0. The van der Waals surface area contributed by atoms with Crippen molar-refractivity contribution in [3.63, 3.8) is 0 Å². The van der Waals surface area contributed by atoms with Crippen LogP contribution in [0.4, 0.5) is 0 Å². The molecule has 0 N–H and O–H groups in total. The van der Waals surface area contributed by atoms with Crippen LogP contribution in [-0.4, -0.2) is 9.13 Å². The van der Waals surface area contributed by atoms with Gasteiger partial charge in [-0.15, -0.1) is 0 Å². The molecule has 2 aromatic heterocycles. The van der Waals surface area contributed by atoms with E-state index in [1.807, 2.05) is 0 Å². The van der Waals surface area contributed by atoms with Crippen LogP contribution in [0.25, 0.3) is 60.6 Å². The largest absolute Gasteiger partial charge is 0.309 e. The molecule has 1 aliphatic carbocycles. The molecule has 2 heteroatoms. The van der Waals surface area contributed by atoms with Crippen LogP contribution in [0.1, 0.15) is 23.5 Å². The number of para-hydroxylation sites is 4. The maximum absolute atomic E-state index is 2.42. The summed E-state index contributed by atoms with van der Waals surface area (Å²) in [7, 11) is 0. The number of nitrogens with zero attached hydrogens (tertiary/aromatic N) is 2. The van der Waals surface area contributed by atoms with Crippen molar-refractivity contribution in [3.8, 4) is 11.4 Å². The first-order valence-corrected chi connectivity index (χ1v) is 15.4. The second kappa shape index (κ2) is 10.00. The lowest BCUT2D eigenvalue weighted by Crippen LogP contribution is -1.99. The van der Waals surface area contributed by atoms with Gasteiger partial charge in [-0.2, -0.15) is 0 Å². The van der Waals surface area contributed by atoms with Crippen molar-refractivity contribution in [2.24, 2.45) is 0 Å². The van der Waals surface area contributed by atoms with Crippen LogP contribution in [0.15, 0.2) is 164 Å². The molecule has 6 aromatic carbocycles. The van der Waals surface area contributed by atoms with Gasteiger partial charge in [0, 0.05) is 38.8 Å². The predicted octanol–water partition coefficient (Wildman–Crippen LogP) is 11.0. The second-order valence-corrected chi connectivity index (χ2v) is 11.7. The summed E-state index contributed by atoms with van der Waals surface area (Å²) in [6, 6.07) is 52.8. The Morgan fingerprint density at radius 1 is 0.455 bits per heavy atom. The van der Waals surface area contributed by atoms with Gasteiger partial charge in [-0.25, -0.2) is 0 Å². The zero-order valence-corrected chi connectivity index (χ0v) is 24.3. The highest BCUT2D eigenvalue weighted by Gasteiger charge is 2.18. The Hall–Kier alpha value is -5.60. The van der Waals surface area contributed by atoms with E-state index in [0.29, 0.717) is 5.92 Å². The summed E-state index contributed by atoms with van der Waals surface area (Å²) in [5.74, 6) is 0.353. The zero-order chi connectivity index (χ0) is 29.0. The third kappa shape index (κ3) is 3.88. The molecule has 8 aromatic rings. The SMILES string of the molecule is C1=CC(c2ccc3c(c2)c2ccccc2n3-c2ccccc2)CC=C1c1ccc2c(c1)c1ccccc1n2-c1ccccc1. The molecule has 208 valence electrons. The summed E-state index contributed by atoms with van der Waals surface area (Å²) in [5, 5.41) is 5.19. The molecule has 44 heavy (non-hydrogen) atoms. The topological polar surface area (TPSA) is 9.86 Å². The van der Waals surface area contributed by atoms with E-state index in [9.17, 15) is 0 Å². The van der Waals surface area contributed by atoms with Crippen LogP contribution in [-0.2, 0) is 0 Å². The normalized spacial score (nSPS) is 15.0. The van der Waals surface area contributed by atoms with Gasteiger partial charge in [-0.1, -0.05) is 103 Å². The van der Waals surface area contributed by atoms with Gasteiger partial charge in [0.25, 0.3) is 0 Å². The van der Waals surface area contributed by atoms with Gasteiger partial charge in [0.05, 0.1) is 22.1 Å². The van der Waals surface area contributed by atoms with Gasteiger partial charge in [0.15, 0.2) is 0 Å². The molecule has 1 aliphatic rings. The minimum absolute atomic E-state index is 0.353. The standard InChI is InChI=1S/C42H30N2/c1-3-11-33(12-4-1)43-39-17-9-7-15-35(39)37-27-31(23-25-41(37)43)29-19-21-30(22-20-29)32-24-26-42-38(28-32)36-16-8-10-18-40(36)44(42)34-13-5-2-6-14-34/h1-21,23-28,30H,22H2. The van der Waals surface area contributed by atoms with Crippen LogP contribution in [0.2, 0.25) is 0 Å². The summed E-state index contributed by atoms with van der Waals surface area (Å²) in [4.78, 5) is 0. The number of rotatable bonds is 4. The second-order valence-electron chi connectivity index (χ2n) is 11.7. The van der Waals surface area contributed by atoms with Gasteiger partial charge in [0.2, 0.25) is 0 Å². The molecule has 0 saturated heterocycles. The molecule has 9 rings (SSSR count). The average molecular weight is 563 g/mol. The number of aromatic nitrogens is 2. The van der Waals surface area contributed by atoms with Crippen LogP contribution >= 0.6 is 0 Å². The first kappa shape index (κ1) is 24.9. The fraction of sp³-hybridized carbons (Fsp3) is 0.0476. The Bertz CT molecular complexity index is 2400. The van der Waals surface area contributed by atoms with Crippen molar-refractivity contribution in [3.05, 3.63) is 175 Å². The molecule has 2 heterocycles. The number of benzene rings is 6. The van der Waals surface area contributed by atoms with Gasteiger partial charge >= 0.3 is 0 Å². The van der Waals surface area contributed by atoms with Crippen molar-refractivity contribution >= 4 is 49.2 Å². The molecule has 2 nitrogen and oxygen atoms in total. The van der Waals surface area contributed by atoms with Gasteiger partial charge in [-0.05, 0) is 83.8 Å². The van der Waals surface area contributed by atoms with Gasteiger partial charge in [-0.3, -0.25) is 0 Å². The van der Waals surface area contributed by atoms with Crippen molar-refractivity contribution in [2.45, 2.75) is 12.3 Å². The summed E-state index contributed by atoms with van der Waals surface area (Å²) in [6.45, 7) is 0. The summed E-state index contributed by atoms with van der Waals surface area (Å²) in [5.41, 5.74) is 11.3. The molecule has 0 amide bonds. The highest BCUT2D eigenvalue weighted by molar-refractivity contribution is 6.11. The maximum Gasteiger partial charge on any atom is 0.0541 e. The quantitative estimate of drug-likeness (QED) is 0.202. The number of hydrogen-bond donors (Lipinski definition) is 0. The lowest BCUT2D eigenvalue weighted by molar-refractivity contribution is 0.858. The third-order valence-electron chi connectivity index (χ3n) is 9.26. The van der Waals surface area contributed by atoms with E-state index in [0.717, 1.165) is 6.42 Å². The van der Waals surface area contributed by atoms with Crippen molar-refractivity contribution in [1.29, 1.82) is 0 Å². The monoisotopic (exact) mass is 562 g/mol. The molecule has 0 saturated carbocycles. The zero-order valence-electron chi connectivity index (χ0n) is 24.3. The molecule has 1 atom stereocenters. The maximum atomic E-state index is 2.42. The summed E-state index contributed by atoms with van der Waals surface area (Å²) >= 11 is 0. The molecule has 0 spiro atoms.